The van der Waals surface area contributed by atoms with Crippen LogP contribution >= 0.6 is 0 Å². The van der Waals surface area contributed by atoms with Gasteiger partial charge >= 0.3 is 0 Å². The molecule has 2 rings (SSSR count). The zero-order valence-corrected chi connectivity index (χ0v) is 16.0. The lowest BCUT2D eigenvalue weighted by Crippen LogP contribution is -2.40. The highest BCUT2D eigenvalue weighted by Gasteiger charge is 2.15. The first-order chi connectivity index (χ1) is 12.8. The average molecular weight is 363 g/mol. The molecule has 1 saturated heterocycles. The SMILES string of the molecule is CCNC(=NCCCOc1ccccc1)NCCCN1CCC(O)CC1. The molecule has 1 fully saturated rings. The van der Waals surface area contributed by atoms with Gasteiger partial charge in [0.25, 0.3) is 0 Å². The highest BCUT2D eigenvalue weighted by Crippen LogP contribution is 2.10. The molecule has 6 nitrogen and oxygen atoms in total. The van der Waals surface area contributed by atoms with E-state index >= 15 is 0 Å². The topological polar surface area (TPSA) is 69.1 Å². The first kappa shape index (κ1) is 20.5. The normalized spacial score (nSPS) is 16.5. The van der Waals surface area contributed by atoms with E-state index in [0.717, 1.165) is 76.7 Å². The van der Waals surface area contributed by atoms with Gasteiger partial charge in [0.2, 0.25) is 0 Å². The molecule has 0 spiro atoms. The van der Waals surface area contributed by atoms with Crippen molar-refractivity contribution in [3.05, 3.63) is 30.3 Å². The van der Waals surface area contributed by atoms with Gasteiger partial charge in [0.15, 0.2) is 5.96 Å². The monoisotopic (exact) mass is 362 g/mol. The van der Waals surface area contributed by atoms with Gasteiger partial charge in [-0.05, 0) is 44.9 Å². The molecule has 0 amide bonds. The lowest BCUT2D eigenvalue weighted by molar-refractivity contribution is 0.0823. The maximum atomic E-state index is 9.54. The number of nitrogens with zero attached hydrogens (tertiary/aromatic N) is 2. The average Bonchev–Trinajstić information content (AvgIpc) is 2.67. The molecule has 1 aliphatic rings. The molecule has 0 radical (unpaired) electrons. The Bertz CT molecular complexity index is 502. The zero-order chi connectivity index (χ0) is 18.5. The molecule has 0 unspecified atom stereocenters. The third-order valence-corrected chi connectivity index (χ3v) is 4.43. The van der Waals surface area contributed by atoms with Crippen LogP contribution in [0.3, 0.4) is 0 Å². The summed E-state index contributed by atoms with van der Waals surface area (Å²) < 4.78 is 5.69. The highest BCUT2D eigenvalue weighted by molar-refractivity contribution is 5.79. The predicted octanol–water partition coefficient (Wildman–Crippen LogP) is 1.86. The van der Waals surface area contributed by atoms with Crippen molar-refractivity contribution in [1.82, 2.24) is 15.5 Å². The molecular weight excluding hydrogens is 328 g/mol. The van der Waals surface area contributed by atoms with Crippen molar-refractivity contribution in [3.8, 4) is 5.75 Å². The molecule has 0 aliphatic carbocycles. The first-order valence-corrected chi connectivity index (χ1v) is 9.88. The summed E-state index contributed by atoms with van der Waals surface area (Å²) in [6.45, 7) is 8.36. The van der Waals surface area contributed by atoms with Crippen LogP contribution in [0.15, 0.2) is 35.3 Å². The Labute approximate surface area is 157 Å². The molecule has 1 aliphatic heterocycles. The van der Waals surface area contributed by atoms with Crippen molar-refractivity contribution in [1.29, 1.82) is 0 Å². The Morgan fingerprint density at radius 3 is 2.69 bits per heavy atom. The zero-order valence-electron chi connectivity index (χ0n) is 16.0. The number of rotatable bonds is 10. The minimum Gasteiger partial charge on any atom is -0.494 e. The number of hydrogen-bond acceptors (Lipinski definition) is 4. The number of guanidine groups is 1. The van der Waals surface area contributed by atoms with E-state index in [1.54, 1.807) is 0 Å². The second-order valence-corrected chi connectivity index (χ2v) is 6.63. The Hall–Kier alpha value is -1.79. The highest BCUT2D eigenvalue weighted by atomic mass is 16.5. The molecule has 26 heavy (non-hydrogen) atoms. The van der Waals surface area contributed by atoms with E-state index in [1.165, 1.54) is 0 Å². The summed E-state index contributed by atoms with van der Waals surface area (Å²) in [6, 6.07) is 9.88. The fourth-order valence-corrected chi connectivity index (χ4v) is 2.96. The van der Waals surface area contributed by atoms with Crippen molar-refractivity contribution in [2.24, 2.45) is 4.99 Å². The van der Waals surface area contributed by atoms with Crippen LogP contribution in [-0.4, -0.2) is 67.9 Å². The van der Waals surface area contributed by atoms with Crippen molar-refractivity contribution in [2.45, 2.75) is 38.7 Å². The number of piperidine rings is 1. The van der Waals surface area contributed by atoms with Crippen LogP contribution in [0.25, 0.3) is 0 Å². The van der Waals surface area contributed by atoms with Gasteiger partial charge in [0, 0.05) is 39.1 Å². The van der Waals surface area contributed by atoms with Crippen LogP contribution < -0.4 is 15.4 Å². The quantitative estimate of drug-likeness (QED) is 0.337. The van der Waals surface area contributed by atoms with Crippen LogP contribution in [-0.2, 0) is 0 Å². The number of hydrogen-bond donors (Lipinski definition) is 3. The van der Waals surface area contributed by atoms with Gasteiger partial charge in [-0.15, -0.1) is 0 Å². The number of benzene rings is 1. The molecule has 3 N–H and O–H groups in total. The van der Waals surface area contributed by atoms with E-state index in [2.05, 4.69) is 27.4 Å². The molecule has 0 atom stereocenters. The van der Waals surface area contributed by atoms with Gasteiger partial charge in [-0.25, -0.2) is 0 Å². The largest absolute Gasteiger partial charge is 0.494 e. The summed E-state index contributed by atoms with van der Waals surface area (Å²) >= 11 is 0. The number of likely N-dealkylation sites (tertiary alicyclic amines) is 1. The van der Waals surface area contributed by atoms with Gasteiger partial charge in [-0.3, -0.25) is 4.99 Å². The number of aliphatic hydroxyl groups is 1. The number of aliphatic imine (C=N–C) groups is 1. The van der Waals surface area contributed by atoms with Crippen LogP contribution in [0.2, 0.25) is 0 Å². The van der Waals surface area contributed by atoms with Gasteiger partial charge in [-0.1, -0.05) is 18.2 Å². The lowest BCUT2D eigenvalue weighted by Gasteiger charge is -2.29. The van der Waals surface area contributed by atoms with Gasteiger partial charge in [0.1, 0.15) is 5.75 Å². The summed E-state index contributed by atoms with van der Waals surface area (Å²) in [7, 11) is 0. The summed E-state index contributed by atoms with van der Waals surface area (Å²) in [5, 5.41) is 16.2. The lowest BCUT2D eigenvalue weighted by atomic mass is 10.1. The molecule has 1 aromatic rings. The molecule has 0 saturated carbocycles. The first-order valence-electron chi connectivity index (χ1n) is 9.88. The van der Waals surface area contributed by atoms with E-state index < -0.39 is 0 Å². The Balaban J connectivity index is 1.57. The third kappa shape index (κ3) is 8.54. The van der Waals surface area contributed by atoms with E-state index in [0.29, 0.717) is 6.61 Å². The van der Waals surface area contributed by atoms with Gasteiger partial charge < -0.3 is 25.4 Å². The van der Waals surface area contributed by atoms with Crippen molar-refractivity contribution in [3.63, 3.8) is 0 Å². The van der Waals surface area contributed by atoms with E-state index in [-0.39, 0.29) is 6.10 Å². The maximum Gasteiger partial charge on any atom is 0.191 e. The number of aliphatic hydroxyl groups excluding tert-OH is 1. The van der Waals surface area contributed by atoms with Crippen molar-refractivity contribution < 1.29 is 9.84 Å². The van der Waals surface area contributed by atoms with E-state index in [9.17, 15) is 5.11 Å². The molecule has 1 aromatic carbocycles. The Morgan fingerprint density at radius 1 is 1.19 bits per heavy atom. The Kier molecular flexibility index (Phi) is 9.90. The molecule has 0 bridgehead atoms. The molecule has 146 valence electrons. The summed E-state index contributed by atoms with van der Waals surface area (Å²) in [6.07, 6.45) is 3.69. The second kappa shape index (κ2) is 12.5. The molecule has 6 heteroatoms. The number of ether oxygens (including phenoxy) is 1. The van der Waals surface area contributed by atoms with Crippen LogP contribution in [0.1, 0.15) is 32.6 Å². The molecule has 1 heterocycles. The minimum absolute atomic E-state index is 0.0947. The summed E-state index contributed by atoms with van der Waals surface area (Å²) in [5.41, 5.74) is 0. The fraction of sp³-hybridized carbons (Fsp3) is 0.650. The second-order valence-electron chi connectivity index (χ2n) is 6.63. The fourth-order valence-electron chi connectivity index (χ4n) is 2.96. The van der Waals surface area contributed by atoms with E-state index in [4.69, 9.17) is 4.74 Å². The van der Waals surface area contributed by atoms with Gasteiger partial charge in [-0.2, -0.15) is 0 Å². The minimum atomic E-state index is -0.0947. The smallest absolute Gasteiger partial charge is 0.191 e. The predicted molar refractivity (Wildman–Crippen MR) is 107 cm³/mol. The van der Waals surface area contributed by atoms with Crippen LogP contribution in [0.5, 0.6) is 5.75 Å². The molecule has 0 aromatic heterocycles. The Morgan fingerprint density at radius 2 is 1.96 bits per heavy atom. The number of nitrogens with one attached hydrogen (secondary N) is 2. The summed E-state index contributed by atoms with van der Waals surface area (Å²) in [4.78, 5) is 7.04. The van der Waals surface area contributed by atoms with Crippen molar-refractivity contribution >= 4 is 5.96 Å². The van der Waals surface area contributed by atoms with E-state index in [1.807, 2.05) is 30.3 Å². The third-order valence-electron chi connectivity index (χ3n) is 4.43. The van der Waals surface area contributed by atoms with Crippen molar-refractivity contribution in [2.75, 3.05) is 45.9 Å². The number of para-hydroxylation sites is 1. The molecular formula is C20H34N4O2. The maximum absolute atomic E-state index is 9.54. The van der Waals surface area contributed by atoms with Gasteiger partial charge in [0.05, 0.1) is 12.7 Å². The summed E-state index contributed by atoms with van der Waals surface area (Å²) in [5.74, 6) is 1.79. The van der Waals surface area contributed by atoms with Crippen LogP contribution in [0, 0.1) is 0 Å². The van der Waals surface area contributed by atoms with Crippen LogP contribution in [0.4, 0.5) is 0 Å². The standard InChI is InChI=1S/C20H34N4O2/c1-2-21-20(22-12-6-14-24-15-10-18(25)11-16-24)23-13-7-17-26-19-8-4-3-5-9-19/h3-5,8-9,18,25H,2,6-7,10-17H2,1H3,(H2,21,22,23).